The van der Waals surface area contributed by atoms with E-state index in [9.17, 15) is 4.79 Å². The second-order valence-corrected chi connectivity index (χ2v) is 6.44. The molecule has 0 radical (unpaired) electrons. The number of carbonyl (C=O) groups excluding carboxylic acids is 1. The van der Waals surface area contributed by atoms with Crippen LogP contribution >= 0.6 is 0 Å². The van der Waals surface area contributed by atoms with Crippen molar-refractivity contribution in [2.24, 2.45) is 0 Å². The molecule has 1 atom stereocenters. The van der Waals surface area contributed by atoms with Gasteiger partial charge in [0.15, 0.2) is 0 Å². The Hall–Kier alpha value is -1.79. The van der Waals surface area contributed by atoms with Gasteiger partial charge < -0.3 is 20.3 Å². The summed E-state index contributed by atoms with van der Waals surface area (Å²) in [5.74, 6) is 0. The van der Waals surface area contributed by atoms with E-state index in [-0.39, 0.29) is 12.1 Å². The Morgan fingerprint density at radius 3 is 2.62 bits per heavy atom. The number of carbonyl (C=O) groups is 1. The largest absolute Gasteiger partial charge is 0.376 e. The highest BCUT2D eigenvalue weighted by Gasteiger charge is 2.18. The number of urea groups is 1. The maximum atomic E-state index is 11.8. The van der Waals surface area contributed by atoms with Gasteiger partial charge in [0.2, 0.25) is 0 Å². The van der Waals surface area contributed by atoms with E-state index in [1.54, 1.807) is 0 Å². The van der Waals surface area contributed by atoms with Gasteiger partial charge in [0.25, 0.3) is 0 Å². The van der Waals surface area contributed by atoms with Gasteiger partial charge >= 0.3 is 6.03 Å². The molecule has 0 unspecified atom stereocenters. The van der Waals surface area contributed by atoms with Crippen molar-refractivity contribution in [1.82, 2.24) is 15.5 Å². The second kappa shape index (κ2) is 8.89. The van der Waals surface area contributed by atoms with Crippen LogP contribution in [0.2, 0.25) is 0 Å². The Labute approximate surface area is 144 Å². The summed E-state index contributed by atoms with van der Waals surface area (Å²) in [6.45, 7) is 7.16. The molecule has 2 saturated heterocycles. The predicted octanol–water partition coefficient (Wildman–Crippen LogP) is 1.29. The van der Waals surface area contributed by atoms with Crippen LogP contribution in [-0.2, 0) is 4.74 Å². The number of nitrogens with one attached hydrogen (secondary N) is 2. The van der Waals surface area contributed by atoms with E-state index in [2.05, 4.69) is 50.8 Å². The summed E-state index contributed by atoms with van der Waals surface area (Å²) in [5, 5.41) is 5.83. The Morgan fingerprint density at radius 2 is 1.92 bits per heavy atom. The normalized spacial score (nSPS) is 21.7. The number of para-hydroxylation sites is 1. The molecule has 2 amide bonds. The van der Waals surface area contributed by atoms with Crippen LogP contribution in [0.15, 0.2) is 30.3 Å². The molecule has 0 aliphatic carbocycles. The van der Waals surface area contributed by atoms with E-state index in [0.29, 0.717) is 13.1 Å². The van der Waals surface area contributed by atoms with Gasteiger partial charge in [-0.3, -0.25) is 4.90 Å². The second-order valence-electron chi connectivity index (χ2n) is 6.44. The van der Waals surface area contributed by atoms with Gasteiger partial charge in [0, 0.05) is 58.1 Å². The molecular weight excluding hydrogens is 304 g/mol. The Kier molecular flexibility index (Phi) is 6.32. The summed E-state index contributed by atoms with van der Waals surface area (Å²) in [6.07, 6.45) is 2.34. The fourth-order valence-corrected chi connectivity index (χ4v) is 3.27. The standard InChI is InChI=1S/C18H28N4O2/c23-18(20-15-17-7-4-14-24-17)19-8-9-21-10-12-22(13-11-21)16-5-2-1-3-6-16/h1-3,5-6,17H,4,7-15H2,(H2,19,20,23)/t17-/m1/s1. The quantitative estimate of drug-likeness (QED) is 0.824. The van der Waals surface area contributed by atoms with Crippen molar-refractivity contribution in [1.29, 1.82) is 0 Å². The summed E-state index contributed by atoms with van der Waals surface area (Å²) in [4.78, 5) is 16.6. The lowest BCUT2D eigenvalue weighted by Gasteiger charge is -2.36. The van der Waals surface area contributed by atoms with Crippen LogP contribution in [0.3, 0.4) is 0 Å². The molecule has 1 aromatic rings. The van der Waals surface area contributed by atoms with Crippen molar-refractivity contribution in [3.05, 3.63) is 30.3 Å². The van der Waals surface area contributed by atoms with Gasteiger partial charge in [-0.15, -0.1) is 0 Å². The molecule has 2 aliphatic rings. The minimum Gasteiger partial charge on any atom is -0.376 e. The number of ether oxygens (including phenoxy) is 1. The Balaban J connectivity index is 1.27. The smallest absolute Gasteiger partial charge is 0.314 e. The molecule has 0 bridgehead atoms. The SMILES string of the molecule is O=C(NCCN1CCN(c2ccccc2)CC1)NC[C@H]1CCCO1. The highest BCUT2D eigenvalue weighted by Crippen LogP contribution is 2.15. The molecule has 0 saturated carbocycles. The van der Waals surface area contributed by atoms with Crippen molar-refractivity contribution in [2.75, 3.05) is 57.3 Å². The molecule has 0 spiro atoms. The number of benzene rings is 1. The van der Waals surface area contributed by atoms with Crippen LogP contribution in [0.1, 0.15) is 12.8 Å². The highest BCUT2D eigenvalue weighted by molar-refractivity contribution is 5.73. The van der Waals surface area contributed by atoms with Gasteiger partial charge in [-0.1, -0.05) is 18.2 Å². The molecule has 2 N–H and O–H groups in total. The number of rotatable bonds is 6. The maximum Gasteiger partial charge on any atom is 0.314 e. The topological polar surface area (TPSA) is 56.8 Å². The van der Waals surface area contributed by atoms with Crippen LogP contribution in [-0.4, -0.2) is 69.5 Å². The fourth-order valence-electron chi connectivity index (χ4n) is 3.27. The summed E-state index contributed by atoms with van der Waals surface area (Å²) in [7, 11) is 0. The monoisotopic (exact) mass is 332 g/mol. The van der Waals surface area contributed by atoms with Crippen molar-refractivity contribution in [2.45, 2.75) is 18.9 Å². The van der Waals surface area contributed by atoms with Crippen LogP contribution in [0.5, 0.6) is 0 Å². The van der Waals surface area contributed by atoms with Crippen LogP contribution < -0.4 is 15.5 Å². The Bertz CT molecular complexity index is 497. The molecule has 6 heteroatoms. The molecule has 2 aliphatic heterocycles. The van der Waals surface area contributed by atoms with Crippen molar-refractivity contribution in [3.8, 4) is 0 Å². The fraction of sp³-hybridized carbons (Fsp3) is 0.611. The molecule has 132 valence electrons. The first-order chi connectivity index (χ1) is 11.8. The number of piperazine rings is 1. The van der Waals surface area contributed by atoms with E-state index in [1.807, 2.05) is 0 Å². The molecule has 2 fully saturated rings. The molecule has 0 aromatic heterocycles. The molecule has 2 heterocycles. The molecule has 6 nitrogen and oxygen atoms in total. The Morgan fingerprint density at radius 1 is 1.12 bits per heavy atom. The average molecular weight is 332 g/mol. The van der Waals surface area contributed by atoms with E-state index in [4.69, 9.17) is 4.74 Å². The first-order valence-corrected chi connectivity index (χ1v) is 8.97. The minimum absolute atomic E-state index is 0.0894. The molecular formula is C18H28N4O2. The van der Waals surface area contributed by atoms with Crippen LogP contribution in [0, 0.1) is 0 Å². The first-order valence-electron chi connectivity index (χ1n) is 8.97. The third kappa shape index (κ3) is 5.11. The summed E-state index contributed by atoms with van der Waals surface area (Å²) < 4.78 is 5.49. The number of hydrogen-bond donors (Lipinski definition) is 2. The van der Waals surface area contributed by atoms with Crippen LogP contribution in [0.4, 0.5) is 10.5 Å². The van der Waals surface area contributed by atoms with Crippen LogP contribution in [0.25, 0.3) is 0 Å². The zero-order valence-corrected chi connectivity index (χ0v) is 14.2. The summed E-state index contributed by atoms with van der Waals surface area (Å²) >= 11 is 0. The lowest BCUT2D eigenvalue weighted by Crippen LogP contribution is -2.49. The molecule has 24 heavy (non-hydrogen) atoms. The van der Waals surface area contributed by atoms with Gasteiger partial charge in [0.05, 0.1) is 6.10 Å². The lowest BCUT2D eigenvalue weighted by atomic mass is 10.2. The summed E-state index contributed by atoms with van der Waals surface area (Å²) in [6, 6.07) is 10.5. The number of nitrogens with zero attached hydrogens (tertiary/aromatic N) is 2. The number of hydrogen-bond acceptors (Lipinski definition) is 4. The van der Waals surface area contributed by atoms with E-state index in [0.717, 1.165) is 52.2 Å². The zero-order valence-electron chi connectivity index (χ0n) is 14.2. The predicted molar refractivity (Wildman–Crippen MR) is 95.5 cm³/mol. The highest BCUT2D eigenvalue weighted by atomic mass is 16.5. The van der Waals surface area contributed by atoms with E-state index in [1.165, 1.54) is 5.69 Å². The van der Waals surface area contributed by atoms with Crippen molar-refractivity contribution in [3.63, 3.8) is 0 Å². The summed E-state index contributed by atoms with van der Waals surface area (Å²) in [5.41, 5.74) is 1.30. The van der Waals surface area contributed by atoms with E-state index >= 15 is 0 Å². The third-order valence-electron chi connectivity index (χ3n) is 4.72. The zero-order chi connectivity index (χ0) is 16.6. The first kappa shape index (κ1) is 17.0. The van der Waals surface area contributed by atoms with Crippen molar-refractivity contribution < 1.29 is 9.53 Å². The van der Waals surface area contributed by atoms with Gasteiger partial charge in [-0.25, -0.2) is 4.79 Å². The van der Waals surface area contributed by atoms with Gasteiger partial charge in [-0.2, -0.15) is 0 Å². The molecule has 3 rings (SSSR count). The van der Waals surface area contributed by atoms with Gasteiger partial charge in [0.1, 0.15) is 0 Å². The minimum atomic E-state index is -0.0894. The van der Waals surface area contributed by atoms with E-state index < -0.39 is 0 Å². The van der Waals surface area contributed by atoms with Crippen molar-refractivity contribution >= 4 is 11.7 Å². The number of anilines is 1. The van der Waals surface area contributed by atoms with Gasteiger partial charge in [-0.05, 0) is 25.0 Å². The maximum absolute atomic E-state index is 11.8. The average Bonchev–Trinajstić information content (AvgIpc) is 3.15. The lowest BCUT2D eigenvalue weighted by molar-refractivity contribution is 0.111. The third-order valence-corrected chi connectivity index (χ3v) is 4.72. The number of amides is 2. The molecule has 1 aromatic carbocycles.